The highest BCUT2D eigenvalue weighted by Gasteiger charge is 2.34. The van der Waals surface area contributed by atoms with E-state index in [1.807, 2.05) is 96.1 Å². The number of hydrogen-bond donors (Lipinski definition) is 1. The van der Waals surface area contributed by atoms with Crippen molar-refractivity contribution in [3.63, 3.8) is 0 Å². The van der Waals surface area contributed by atoms with Crippen molar-refractivity contribution in [3.8, 4) is 62.5 Å². The number of rotatable bonds is 26. The summed E-state index contributed by atoms with van der Waals surface area (Å²) in [6.45, 7) is 9.78. The van der Waals surface area contributed by atoms with Crippen LogP contribution in [0.2, 0.25) is 5.02 Å². The first-order chi connectivity index (χ1) is 51.8. The molecule has 17 rings (SSSR count). The third kappa shape index (κ3) is 17.2. The van der Waals surface area contributed by atoms with Crippen molar-refractivity contribution in [2.45, 2.75) is 82.9 Å². The Bertz CT molecular complexity index is 4980. The van der Waals surface area contributed by atoms with Crippen molar-refractivity contribution in [2.75, 3.05) is 110 Å². The van der Waals surface area contributed by atoms with Crippen LogP contribution in [-0.4, -0.2) is 165 Å². The first-order valence-electron chi connectivity index (χ1n) is 36.8. The second-order valence-corrected chi connectivity index (χ2v) is 28.9. The Kier molecular flexibility index (Phi) is 21.5. The Hall–Kier alpha value is -10.5. The molecule has 0 atom stereocenters. The van der Waals surface area contributed by atoms with Gasteiger partial charge in [-0.15, -0.1) is 0 Å². The topological polar surface area (TPSA) is 211 Å². The third-order valence-electron chi connectivity index (χ3n) is 20.7. The Labute approximate surface area is 623 Å². The van der Waals surface area contributed by atoms with Gasteiger partial charge >= 0.3 is 0 Å². The lowest BCUT2D eigenvalue weighted by Crippen LogP contribution is -2.46. The van der Waals surface area contributed by atoms with E-state index in [1.54, 1.807) is 59.7 Å². The number of likely N-dealkylation sites (tertiary alicyclic amines) is 1. The number of nitrogens with zero attached hydrogens (tertiary/aromatic N) is 16. The smallest absolute Gasteiger partial charge is 0.124 e. The zero-order chi connectivity index (χ0) is 72.7. The fourth-order valence-corrected chi connectivity index (χ4v) is 14.2. The van der Waals surface area contributed by atoms with Gasteiger partial charge in [0.1, 0.15) is 28.7 Å². The summed E-state index contributed by atoms with van der Waals surface area (Å²) >= 11 is 6.36. The SMILES string of the molecule is COc1cc(Cl)cc(N(CC2CC2)c2ccc3ncc(-c4cnn(C)c4)nc3c2)c1.COc1cc(OC)cc(N(CC2CC2)c2ccc3ncc(-c4cnn(CC5(OC)CCNCC5)c4)nc3c2)c1.COc1cc(OC)cc(N(CC2CC2)c2ccc3ncc(-c4cnn(CCN5CCCC5)c4)nc3c2)c1. The van der Waals surface area contributed by atoms with Crippen molar-refractivity contribution < 1.29 is 28.4 Å². The van der Waals surface area contributed by atoms with Crippen LogP contribution < -0.4 is 43.7 Å². The molecule has 3 aliphatic carbocycles. The maximum absolute atomic E-state index is 6.36. The molecule has 3 saturated carbocycles. The number of anilines is 6. The molecule has 106 heavy (non-hydrogen) atoms. The van der Waals surface area contributed by atoms with Gasteiger partial charge < -0.3 is 53.3 Å². The Balaban J connectivity index is 0.000000128. The highest BCUT2D eigenvalue weighted by molar-refractivity contribution is 6.31. The average molecular weight is 1450 g/mol. The average Bonchev–Trinajstić information content (AvgIpc) is 1.08. The number of benzene rings is 6. The summed E-state index contributed by atoms with van der Waals surface area (Å²) < 4.78 is 39.3. The maximum atomic E-state index is 6.36. The lowest BCUT2D eigenvalue weighted by atomic mass is 9.92. The molecule has 24 heteroatoms. The zero-order valence-corrected chi connectivity index (χ0v) is 62.2. The summed E-state index contributed by atoms with van der Waals surface area (Å²) in [6.07, 6.45) is 29.2. The van der Waals surface area contributed by atoms with Gasteiger partial charge in [0.2, 0.25) is 0 Å². The molecule has 5 fully saturated rings. The number of fused-ring (bicyclic) bond motifs is 3. The molecule has 0 amide bonds. The number of ether oxygens (including phenoxy) is 6. The fraction of sp³-hybridized carbons (Fsp3) is 0.378. The zero-order valence-electron chi connectivity index (χ0n) is 61.4. The molecule has 23 nitrogen and oxygen atoms in total. The summed E-state index contributed by atoms with van der Waals surface area (Å²) in [7, 11) is 12.1. The van der Waals surface area contributed by atoms with Crippen molar-refractivity contribution >= 4 is 78.8 Å². The number of nitrogens with one attached hydrogen (secondary N) is 1. The molecule has 1 N–H and O–H groups in total. The largest absolute Gasteiger partial charge is 0.497 e. The first-order valence-corrected chi connectivity index (χ1v) is 37.2. The molecule has 0 unspecified atom stereocenters. The van der Waals surface area contributed by atoms with Crippen LogP contribution in [0.1, 0.15) is 64.2 Å². The van der Waals surface area contributed by atoms with Crippen LogP contribution in [0.25, 0.3) is 66.9 Å². The minimum Gasteiger partial charge on any atom is -0.497 e. The predicted molar refractivity (Wildman–Crippen MR) is 417 cm³/mol. The van der Waals surface area contributed by atoms with Gasteiger partial charge in [-0.1, -0.05) is 11.6 Å². The number of halogens is 1. The van der Waals surface area contributed by atoms with Crippen molar-refractivity contribution in [1.29, 1.82) is 0 Å². The van der Waals surface area contributed by atoms with E-state index < -0.39 is 0 Å². The Morgan fingerprint density at radius 2 is 0.830 bits per heavy atom. The fourth-order valence-electron chi connectivity index (χ4n) is 14.0. The van der Waals surface area contributed by atoms with Crippen molar-refractivity contribution in [3.05, 3.63) is 170 Å². The van der Waals surface area contributed by atoms with Crippen molar-refractivity contribution in [2.24, 2.45) is 24.8 Å². The summed E-state index contributed by atoms with van der Waals surface area (Å²) in [5.74, 6) is 5.90. The van der Waals surface area contributed by atoms with Gasteiger partial charge in [-0.25, -0.2) is 15.0 Å². The number of aromatic nitrogens is 12. The second-order valence-electron chi connectivity index (χ2n) is 28.4. The molecule has 2 aliphatic heterocycles. The van der Waals surface area contributed by atoms with Gasteiger partial charge in [0.25, 0.3) is 0 Å². The van der Waals surface area contributed by atoms with E-state index >= 15 is 0 Å². The molecule has 0 bridgehead atoms. The number of methoxy groups -OCH3 is 6. The molecule has 5 aliphatic rings. The Morgan fingerprint density at radius 3 is 1.24 bits per heavy atom. The molecular weight excluding hydrogens is 1350 g/mol. The van der Waals surface area contributed by atoms with E-state index in [0.717, 1.165) is 195 Å². The van der Waals surface area contributed by atoms with Crippen LogP contribution in [0.3, 0.4) is 0 Å². The molecule has 0 radical (unpaired) electrons. The minimum absolute atomic E-state index is 0.188. The second kappa shape index (κ2) is 32.1. The molecule has 8 heterocycles. The summed E-state index contributed by atoms with van der Waals surface area (Å²) in [6, 6.07) is 36.7. The third-order valence-corrected chi connectivity index (χ3v) is 20.9. The summed E-state index contributed by atoms with van der Waals surface area (Å²) in [5, 5.41) is 17.5. The molecule has 6 aromatic heterocycles. The van der Waals surface area contributed by atoms with E-state index in [0.29, 0.717) is 22.8 Å². The van der Waals surface area contributed by atoms with E-state index in [1.165, 1.54) is 64.5 Å². The van der Waals surface area contributed by atoms with E-state index in [-0.39, 0.29) is 5.60 Å². The van der Waals surface area contributed by atoms with Gasteiger partial charge in [0.05, 0.1) is 142 Å². The molecule has 0 spiro atoms. The molecule has 548 valence electrons. The normalized spacial score (nSPS) is 15.5. The van der Waals surface area contributed by atoms with Gasteiger partial charge in [0, 0.05) is 157 Å². The number of piperidine rings is 1. The Morgan fingerprint density at radius 1 is 0.434 bits per heavy atom. The van der Waals surface area contributed by atoms with E-state index in [2.05, 4.69) is 118 Å². The lowest BCUT2D eigenvalue weighted by molar-refractivity contribution is -0.0490. The first kappa shape index (κ1) is 71.2. The standard InChI is InChI=1S/C30H36N6O3.C29H34N6O2.C23H22ClN5O/c1-37-25-12-24(13-26(15-25)38-2)36(18-21-4-5-21)23-6-7-27-28(14-23)34-29(17-32-27)22-16-33-35(19-22)20-30(39-3)8-10-31-11-9-30;1-36-25-13-24(14-26(16-25)37-2)35(19-21-5-6-21)23-7-8-27-28(15-23)32-29(18-30-27)22-17-31-34(20-22)12-11-33-9-3-4-10-33;1-28-14-16(11-26-28)23-12-25-21-6-5-18(10-22(21)27-23)29(13-15-3-4-15)19-7-17(24)8-20(9-19)30-2/h6-7,12-17,19,21,31H,4-5,8-11,18,20H2,1-3H3;7-8,13-18,20-21H,3-6,9-12,19H2,1-2H3;5-12,14-15H,3-4,13H2,1-2H3. The van der Waals surface area contributed by atoms with Gasteiger partial charge in [-0.05, 0) is 175 Å². The van der Waals surface area contributed by atoms with Gasteiger partial charge in [0.15, 0.2) is 0 Å². The molecule has 12 aromatic rings. The highest BCUT2D eigenvalue weighted by Crippen LogP contribution is 2.43. The van der Waals surface area contributed by atoms with Gasteiger partial charge in [-0.3, -0.25) is 29.0 Å². The van der Waals surface area contributed by atoms with Crippen LogP contribution in [0, 0.1) is 17.8 Å². The van der Waals surface area contributed by atoms with E-state index in [4.69, 9.17) is 64.9 Å². The van der Waals surface area contributed by atoms with Crippen LogP contribution in [0.4, 0.5) is 34.1 Å². The minimum atomic E-state index is -0.188. The molecule has 6 aromatic carbocycles. The van der Waals surface area contributed by atoms with Crippen LogP contribution >= 0.6 is 11.6 Å². The summed E-state index contributed by atoms with van der Waals surface area (Å²) in [4.78, 5) is 38.3. The predicted octanol–water partition coefficient (Wildman–Crippen LogP) is 15.2. The van der Waals surface area contributed by atoms with E-state index in [9.17, 15) is 0 Å². The van der Waals surface area contributed by atoms with Crippen molar-refractivity contribution in [1.82, 2.24) is 69.5 Å². The summed E-state index contributed by atoms with van der Waals surface area (Å²) in [5.41, 5.74) is 16.6. The molecule has 2 saturated heterocycles. The van der Waals surface area contributed by atoms with Crippen LogP contribution in [-0.2, 0) is 24.9 Å². The highest BCUT2D eigenvalue weighted by atomic mass is 35.5. The number of aryl methyl sites for hydroxylation is 1. The van der Waals surface area contributed by atoms with Gasteiger partial charge in [-0.2, -0.15) is 15.3 Å². The monoisotopic (exact) mass is 1450 g/mol. The quantitative estimate of drug-likeness (QED) is 0.0534. The lowest BCUT2D eigenvalue weighted by Gasteiger charge is -2.36. The molecular formula is C82H92ClN17O6. The maximum Gasteiger partial charge on any atom is 0.124 e. The number of hydrogen-bond acceptors (Lipinski definition) is 20. The van der Waals surface area contributed by atoms with Crippen LogP contribution in [0.15, 0.2) is 165 Å². The van der Waals surface area contributed by atoms with Crippen LogP contribution in [0.5, 0.6) is 28.7 Å².